The first-order chi connectivity index (χ1) is 37.0. The number of pyridine rings is 1. The molecule has 2 saturated carbocycles. The summed E-state index contributed by atoms with van der Waals surface area (Å²) in [5.41, 5.74) is 17.9. The van der Waals surface area contributed by atoms with Crippen LogP contribution in [0.25, 0.3) is 95.0 Å². The van der Waals surface area contributed by atoms with Gasteiger partial charge in [-0.25, -0.2) is 4.98 Å². The molecule has 12 rings (SSSR count). The Labute approximate surface area is 460 Å². The molecule has 2 aromatic heterocycles. The van der Waals surface area contributed by atoms with E-state index < -0.39 is 6.37 Å². The van der Waals surface area contributed by atoms with Crippen LogP contribution in [0.4, 0.5) is 0 Å². The summed E-state index contributed by atoms with van der Waals surface area (Å²) in [6.07, 6.45) is 10.8. The Morgan fingerprint density at radius 1 is 0.547 bits per heavy atom. The topological polar surface area (TPSA) is 50.9 Å². The van der Waals surface area contributed by atoms with Gasteiger partial charge < -0.3 is 5.11 Å². The fourth-order valence-corrected chi connectivity index (χ4v) is 11.7. The minimum atomic E-state index is -1.35. The van der Waals surface area contributed by atoms with Crippen LogP contribution in [-0.2, 0) is 39.3 Å². The van der Waals surface area contributed by atoms with Crippen molar-refractivity contribution >= 4 is 11.0 Å². The molecule has 10 aromatic rings. The van der Waals surface area contributed by atoms with Gasteiger partial charge in [-0.2, -0.15) is 0 Å². The second kappa shape index (κ2) is 21.6. The number of benzene rings is 8. The summed E-state index contributed by atoms with van der Waals surface area (Å²) in [6.45, 7) is 6.73. The maximum atomic E-state index is 12.8. The Bertz CT molecular complexity index is 3720. The number of hydrogen-bond acceptors (Lipinski definition) is 3. The molecule has 0 atom stereocenters. The second-order valence-electron chi connectivity index (χ2n) is 21.7. The van der Waals surface area contributed by atoms with E-state index in [1.54, 1.807) is 0 Å². The third kappa shape index (κ3) is 10.4. The standard InChI is InChI=1S/C70H64N3O.Pt/c1-70(2,3)57-44-55(43-56(45-57)64-46-54(38-39-71-64)51-35-32-49(33-36-51)40-47-18-10-11-19-47)59-28-17-31-66-67(59)72-69(62-30-16-29-61(68(62)74)60-27-15-14-26-58(60)52-22-6-4-7-23-52)73(66)65-37-34-50(41-48-20-12-13-21-48)42-63(65)53-24-8-5-9-25-53;/h4-9,14-17,22-39,42,44-48,74H,10-13,18-21,40-41H2,1-3H3;/q-1;/i40D2;. The van der Waals surface area contributed by atoms with E-state index in [0.717, 1.165) is 127 Å². The Kier molecular flexibility index (Phi) is 13.7. The van der Waals surface area contributed by atoms with Crippen LogP contribution in [0, 0.1) is 17.9 Å². The number of fused-ring (bicyclic) bond motifs is 1. The van der Waals surface area contributed by atoms with Gasteiger partial charge in [0.05, 0.1) is 22.3 Å². The summed E-state index contributed by atoms with van der Waals surface area (Å²) in [5, 5.41) is 12.8. The van der Waals surface area contributed by atoms with Gasteiger partial charge in [-0.15, -0.1) is 29.3 Å². The zero-order valence-corrected chi connectivity index (χ0v) is 45.4. The van der Waals surface area contributed by atoms with Crippen molar-refractivity contribution in [2.24, 2.45) is 11.8 Å². The largest absolute Gasteiger partial charge is 0.507 e. The number of phenols is 1. The van der Waals surface area contributed by atoms with Gasteiger partial charge in [0.1, 0.15) is 11.6 Å². The number of aromatic nitrogens is 3. The molecule has 0 aliphatic heterocycles. The van der Waals surface area contributed by atoms with Crippen molar-refractivity contribution in [1.82, 2.24) is 14.5 Å². The van der Waals surface area contributed by atoms with Gasteiger partial charge >= 0.3 is 0 Å². The molecular formula is C70H64N3OPt-. The molecule has 2 aliphatic rings. The van der Waals surface area contributed by atoms with Crippen molar-refractivity contribution in [3.8, 4) is 89.7 Å². The molecule has 8 aromatic carbocycles. The van der Waals surface area contributed by atoms with Crippen molar-refractivity contribution in [3.63, 3.8) is 0 Å². The summed E-state index contributed by atoms with van der Waals surface area (Å²) in [4.78, 5) is 10.7. The Morgan fingerprint density at radius 3 is 1.87 bits per heavy atom. The second-order valence-corrected chi connectivity index (χ2v) is 21.7. The van der Waals surface area contributed by atoms with E-state index in [0.29, 0.717) is 17.3 Å². The molecule has 75 heavy (non-hydrogen) atoms. The summed E-state index contributed by atoms with van der Waals surface area (Å²) in [5.74, 6) is 1.56. The number of nitrogens with zero attached hydrogens (tertiary/aromatic N) is 3. The third-order valence-electron chi connectivity index (χ3n) is 15.7. The molecule has 0 radical (unpaired) electrons. The number of hydrogen-bond donors (Lipinski definition) is 1. The van der Waals surface area contributed by atoms with E-state index in [2.05, 4.69) is 171 Å². The normalized spacial score (nSPS) is 14.7. The molecule has 376 valence electrons. The van der Waals surface area contributed by atoms with Crippen LogP contribution in [-0.4, -0.2) is 19.6 Å². The van der Waals surface area contributed by atoms with Gasteiger partial charge in [0, 0.05) is 46.8 Å². The average Bonchev–Trinajstić information content (AvgIpc) is 4.34. The van der Waals surface area contributed by atoms with Crippen LogP contribution in [0.15, 0.2) is 194 Å². The summed E-state index contributed by atoms with van der Waals surface area (Å²) in [6, 6.07) is 69.4. The predicted molar refractivity (Wildman–Crippen MR) is 307 cm³/mol. The fraction of sp³-hybridized carbons (Fsp3) is 0.229. The molecule has 2 heterocycles. The Balaban J connectivity index is 0.00000631. The van der Waals surface area contributed by atoms with Crippen LogP contribution in [0.3, 0.4) is 0 Å². The van der Waals surface area contributed by atoms with Crippen molar-refractivity contribution in [2.75, 3.05) is 0 Å². The van der Waals surface area contributed by atoms with Crippen LogP contribution >= 0.6 is 0 Å². The SMILES string of the molecule is [2H]C([2H])(c1ccc(-c2ccnc(-c3[c-]c(-c4cccc5c4nc(-c4cccc(-c6ccccc6-c6ccccc6)c4O)n5-c4ccc(CC5CCCC5)cc4-c4ccccc4)cc(C(C)(C)C)c3)c2)cc1)C1CCCC1.[Pt]. The number of aromatic hydroxyl groups is 1. The zero-order chi connectivity index (χ0) is 52.0. The maximum Gasteiger partial charge on any atom is 0.148 e. The number of imidazole rings is 1. The van der Waals surface area contributed by atoms with E-state index in [1.807, 2.05) is 54.7 Å². The average molecular weight is 1160 g/mol. The summed E-state index contributed by atoms with van der Waals surface area (Å²) >= 11 is 0. The fourth-order valence-electron chi connectivity index (χ4n) is 11.7. The van der Waals surface area contributed by atoms with E-state index in [9.17, 15) is 5.11 Å². The molecule has 5 heteroatoms. The molecule has 2 fully saturated rings. The van der Waals surface area contributed by atoms with Gasteiger partial charge in [-0.1, -0.05) is 229 Å². The van der Waals surface area contributed by atoms with Crippen molar-refractivity contribution < 1.29 is 28.9 Å². The van der Waals surface area contributed by atoms with Crippen molar-refractivity contribution in [2.45, 2.75) is 90.3 Å². The van der Waals surface area contributed by atoms with Gasteiger partial charge in [0.15, 0.2) is 0 Å². The number of phenolic OH excluding ortho intramolecular Hbond substituents is 1. The first kappa shape index (κ1) is 47.6. The molecule has 1 N–H and O–H groups in total. The van der Waals surface area contributed by atoms with E-state index in [4.69, 9.17) is 12.7 Å². The molecule has 0 saturated heterocycles. The van der Waals surface area contributed by atoms with Gasteiger partial charge in [0.25, 0.3) is 0 Å². The molecule has 4 nitrogen and oxygen atoms in total. The van der Waals surface area contributed by atoms with Crippen LogP contribution < -0.4 is 0 Å². The van der Waals surface area contributed by atoms with E-state index in [1.165, 1.54) is 31.2 Å². The molecule has 0 unspecified atom stereocenters. The zero-order valence-electron chi connectivity index (χ0n) is 45.1. The predicted octanol–water partition coefficient (Wildman–Crippen LogP) is 18.4. The summed E-state index contributed by atoms with van der Waals surface area (Å²) < 4.78 is 20.3. The minimum Gasteiger partial charge on any atom is -0.507 e. The van der Waals surface area contributed by atoms with Crippen molar-refractivity contribution in [3.05, 3.63) is 217 Å². The first-order valence-corrected chi connectivity index (χ1v) is 26.8. The van der Waals surface area contributed by atoms with Crippen LogP contribution in [0.2, 0.25) is 0 Å². The number of para-hydroxylation sites is 2. The number of rotatable bonds is 12. The molecule has 0 bridgehead atoms. The smallest absolute Gasteiger partial charge is 0.148 e. The van der Waals surface area contributed by atoms with Crippen molar-refractivity contribution in [1.29, 1.82) is 0 Å². The third-order valence-corrected chi connectivity index (χ3v) is 15.7. The quantitative estimate of drug-likeness (QED) is 0.124. The summed E-state index contributed by atoms with van der Waals surface area (Å²) in [7, 11) is 0. The molecule has 0 spiro atoms. The first-order valence-electron chi connectivity index (χ1n) is 27.8. The Morgan fingerprint density at radius 2 is 1.15 bits per heavy atom. The van der Waals surface area contributed by atoms with E-state index in [-0.39, 0.29) is 38.1 Å². The maximum absolute atomic E-state index is 12.8. The minimum absolute atomic E-state index is 0. The molecular weight excluding hydrogens is 1090 g/mol. The molecule has 2 aliphatic carbocycles. The van der Waals surface area contributed by atoms with Gasteiger partial charge in [0.2, 0.25) is 0 Å². The van der Waals surface area contributed by atoms with Crippen LogP contribution in [0.1, 0.15) is 91.6 Å². The Hall–Kier alpha value is -7.13. The molecule has 0 amide bonds. The monoisotopic (exact) mass is 1160 g/mol. The van der Waals surface area contributed by atoms with Gasteiger partial charge in [-0.05, 0) is 105 Å². The van der Waals surface area contributed by atoms with E-state index >= 15 is 0 Å². The van der Waals surface area contributed by atoms with Gasteiger partial charge in [-0.3, -0.25) is 9.55 Å². The van der Waals surface area contributed by atoms with Crippen LogP contribution in [0.5, 0.6) is 5.75 Å².